The number of Topliss-reactive ketones (excluding diaryl/α,β-unsaturated/α-hetero) is 1. The molecule has 0 fully saturated rings. The van der Waals surface area contributed by atoms with E-state index in [-0.39, 0.29) is 18.1 Å². The molecule has 26 heavy (non-hydrogen) atoms. The van der Waals surface area contributed by atoms with Crippen molar-refractivity contribution in [2.75, 3.05) is 20.5 Å². The number of rotatable bonds is 6. The molecule has 1 heterocycles. The molecule has 1 aliphatic rings. The Morgan fingerprint density at radius 2 is 2.00 bits per heavy atom. The van der Waals surface area contributed by atoms with Gasteiger partial charge in [0.05, 0.1) is 13.7 Å². The Morgan fingerprint density at radius 1 is 1.19 bits per heavy atom. The molecule has 0 radical (unpaired) electrons. The average molecular weight is 351 g/mol. The summed E-state index contributed by atoms with van der Waals surface area (Å²) in [5.41, 5.74) is 1.04. The molecule has 0 unspecified atom stereocenters. The molecule has 0 atom stereocenters. The van der Waals surface area contributed by atoms with Gasteiger partial charge in [-0.05, 0) is 48.9 Å². The second kappa shape index (κ2) is 7.62. The van der Waals surface area contributed by atoms with Crippen LogP contribution in [-0.2, 0) is 0 Å². The Kier molecular flexibility index (Phi) is 5.09. The number of carbonyl (C=O) groups is 1. The molecule has 0 aliphatic carbocycles. The van der Waals surface area contributed by atoms with Gasteiger partial charge in [-0.3, -0.25) is 4.79 Å². The van der Waals surface area contributed by atoms with Crippen LogP contribution in [0.15, 0.2) is 42.0 Å². The summed E-state index contributed by atoms with van der Waals surface area (Å²) < 4.78 is 21.3. The van der Waals surface area contributed by atoms with Crippen molar-refractivity contribution in [3.8, 4) is 29.1 Å². The van der Waals surface area contributed by atoms with E-state index in [9.17, 15) is 10.1 Å². The van der Waals surface area contributed by atoms with Crippen LogP contribution in [0.25, 0.3) is 6.08 Å². The SMILES string of the molecule is CCOc1cc(/C=C(/C#N)C(=O)c2ccc3c(c2)OCO3)ccc1OC. The van der Waals surface area contributed by atoms with E-state index < -0.39 is 0 Å². The number of hydrogen-bond acceptors (Lipinski definition) is 6. The molecule has 6 heteroatoms. The smallest absolute Gasteiger partial charge is 0.231 e. The third-order valence-corrected chi connectivity index (χ3v) is 3.80. The van der Waals surface area contributed by atoms with Crippen molar-refractivity contribution >= 4 is 11.9 Å². The zero-order valence-electron chi connectivity index (χ0n) is 14.4. The van der Waals surface area contributed by atoms with Crippen LogP contribution >= 0.6 is 0 Å². The van der Waals surface area contributed by atoms with Gasteiger partial charge in [0.25, 0.3) is 0 Å². The molecule has 0 aromatic heterocycles. The van der Waals surface area contributed by atoms with Gasteiger partial charge in [0, 0.05) is 5.56 Å². The molecule has 132 valence electrons. The van der Waals surface area contributed by atoms with Crippen LogP contribution in [0.4, 0.5) is 0 Å². The first-order valence-corrected chi connectivity index (χ1v) is 8.03. The van der Waals surface area contributed by atoms with E-state index in [0.29, 0.717) is 40.7 Å². The third-order valence-electron chi connectivity index (χ3n) is 3.80. The number of allylic oxidation sites excluding steroid dienone is 1. The van der Waals surface area contributed by atoms with Crippen LogP contribution in [0.3, 0.4) is 0 Å². The number of methoxy groups -OCH3 is 1. The summed E-state index contributed by atoms with van der Waals surface area (Å²) in [6, 6.07) is 12.0. The second-order valence-corrected chi connectivity index (χ2v) is 5.41. The Morgan fingerprint density at radius 3 is 2.73 bits per heavy atom. The first-order chi connectivity index (χ1) is 12.7. The minimum atomic E-state index is -0.389. The van der Waals surface area contributed by atoms with Crippen molar-refractivity contribution in [3.05, 3.63) is 53.1 Å². The molecule has 2 aromatic rings. The average Bonchev–Trinajstić information content (AvgIpc) is 3.14. The number of ether oxygens (including phenoxy) is 4. The lowest BCUT2D eigenvalue weighted by Gasteiger charge is -2.10. The summed E-state index contributed by atoms with van der Waals surface area (Å²) in [5.74, 6) is 1.83. The summed E-state index contributed by atoms with van der Waals surface area (Å²) >= 11 is 0. The second-order valence-electron chi connectivity index (χ2n) is 5.41. The van der Waals surface area contributed by atoms with Gasteiger partial charge in [0.2, 0.25) is 12.6 Å². The van der Waals surface area contributed by atoms with Crippen molar-refractivity contribution in [3.63, 3.8) is 0 Å². The van der Waals surface area contributed by atoms with Gasteiger partial charge in [0.15, 0.2) is 23.0 Å². The van der Waals surface area contributed by atoms with E-state index >= 15 is 0 Å². The number of hydrogen-bond donors (Lipinski definition) is 0. The summed E-state index contributed by atoms with van der Waals surface area (Å²) in [6.45, 7) is 2.47. The first kappa shape index (κ1) is 17.4. The summed E-state index contributed by atoms with van der Waals surface area (Å²) in [6.07, 6.45) is 1.52. The van der Waals surface area contributed by atoms with Gasteiger partial charge in [-0.15, -0.1) is 0 Å². The monoisotopic (exact) mass is 351 g/mol. The normalized spacial score (nSPS) is 12.4. The highest BCUT2D eigenvalue weighted by Gasteiger charge is 2.18. The number of nitriles is 1. The molecule has 1 aliphatic heterocycles. The fourth-order valence-corrected chi connectivity index (χ4v) is 2.56. The van der Waals surface area contributed by atoms with Crippen molar-refractivity contribution in [1.82, 2.24) is 0 Å². The van der Waals surface area contributed by atoms with Crippen LogP contribution in [0, 0.1) is 11.3 Å². The van der Waals surface area contributed by atoms with Crippen molar-refractivity contribution < 1.29 is 23.7 Å². The lowest BCUT2D eigenvalue weighted by atomic mass is 10.0. The van der Waals surface area contributed by atoms with Crippen LogP contribution < -0.4 is 18.9 Å². The highest BCUT2D eigenvalue weighted by Crippen LogP contribution is 2.33. The van der Waals surface area contributed by atoms with Crippen molar-refractivity contribution in [1.29, 1.82) is 5.26 Å². The van der Waals surface area contributed by atoms with E-state index in [0.717, 1.165) is 0 Å². The van der Waals surface area contributed by atoms with E-state index in [1.165, 1.54) is 6.08 Å². The van der Waals surface area contributed by atoms with Crippen LogP contribution in [0.5, 0.6) is 23.0 Å². The summed E-state index contributed by atoms with van der Waals surface area (Å²) in [4.78, 5) is 12.7. The number of nitrogens with zero attached hydrogens (tertiary/aromatic N) is 1. The molecule has 0 amide bonds. The van der Waals surface area contributed by atoms with Crippen LogP contribution in [-0.4, -0.2) is 26.3 Å². The van der Waals surface area contributed by atoms with E-state index in [1.54, 1.807) is 43.5 Å². The van der Waals surface area contributed by atoms with Crippen molar-refractivity contribution in [2.24, 2.45) is 0 Å². The molecule has 0 bridgehead atoms. The predicted octanol–water partition coefficient (Wildman–Crippen LogP) is 3.61. The molecule has 3 rings (SSSR count). The van der Waals surface area contributed by atoms with Crippen LogP contribution in [0.2, 0.25) is 0 Å². The maximum absolute atomic E-state index is 12.7. The van der Waals surface area contributed by atoms with Crippen molar-refractivity contribution in [2.45, 2.75) is 6.92 Å². The number of benzene rings is 2. The maximum atomic E-state index is 12.7. The first-order valence-electron chi connectivity index (χ1n) is 8.03. The van der Waals surface area contributed by atoms with Gasteiger partial charge in [-0.2, -0.15) is 5.26 Å². The highest BCUT2D eigenvalue weighted by atomic mass is 16.7. The van der Waals surface area contributed by atoms with Gasteiger partial charge in [-0.1, -0.05) is 6.07 Å². The molecule has 0 saturated heterocycles. The zero-order valence-corrected chi connectivity index (χ0v) is 14.4. The van der Waals surface area contributed by atoms with Crippen LogP contribution in [0.1, 0.15) is 22.8 Å². The Hall–Kier alpha value is -3.46. The molecule has 0 spiro atoms. The topological polar surface area (TPSA) is 77.8 Å². The summed E-state index contributed by atoms with van der Waals surface area (Å²) in [5, 5.41) is 9.43. The lowest BCUT2D eigenvalue weighted by Crippen LogP contribution is -2.02. The van der Waals surface area contributed by atoms with Gasteiger partial charge < -0.3 is 18.9 Å². The quantitative estimate of drug-likeness (QED) is 0.449. The highest BCUT2D eigenvalue weighted by molar-refractivity contribution is 6.14. The Labute approximate surface area is 151 Å². The molecule has 0 N–H and O–H groups in total. The van der Waals surface area contributed by atoms with Gasteiger partial charge in [-0.25, -0.2) is 0 Å². The lowest BCUT2D eigenvalue weighted by molar-refractivity contribution is 0.103. The predicted molar refractivity (Wildman–Crippen MR) is 94.6 cm³/mol. The van der Waals surface area contributed by atoms with Gasteiger partial charge >= 0.3 is 0 Å². The number of ketones is 1. The van der Waals surface area contributed by atoms with E-state index in [4.69, 9.17) is 18.9 Å². The summed E-state index contributed by atoms with van der Waals surface area (Å²) in [7, 11) is 1.55. The molecule has 2 aromatic carbocycles. The fraction of sp³-hybridized carbons (Fsp3) is 0.200. The molecular weight excluding hydrogens is 334 g/mol. The fourth-order valence-electron chi connectivity index (χ4n) is 2.56. The number of fused-ring (bicyclic) bond motifs is 1. The van der Waals surface area contributed by atoms with Gasteiger partial charge in [0.1, 0.15) is 11.6 Å². The molecule has 6 nitrogen and oxygen atoms in total. The Bertz CT molecular complexity index is 911. The zero-order chi connectivity index (χ0) is 18.5. The van der Waals surface area contributed by atoms with E-state index in [1.807, 2.05) is 13.0 Å². The maximum Gasteiger partial charge on any atom is 0.231 e. The van der Waals surface area contributed by atoms with E-state index in [2.05, 4.69) is 0 Å². The molecule has 0 saturated carbocycles. The Balaban J connectivity index is 1.92. The largest absolute Gasteiger partial charge is 0.493 e. The third kappa shape index (κ3) is 3.47. The molecular formula is C20H17NO5. The minimum Gasteiger partial charge on any atom is -0.493 e. The number of carbonyl (C=O) groups excluding carboxylic acids is 1. The standard InChI is InChI=1S/C20H17NO5/c1-3-24-18-9-13(4-6-16(18)23-2)8-15(11-21)20(22)14-5-7-17-19(10-14)26-12-25-17/h4-10H,3,12H2,1-2H3/b15-8-. The minimum absolute atomic E-state index is 0.0106.